The van der Waals surface area contributed by atoms with Crippen LogP contribution in [0, 0.1) is 11.3 Å². The van der Waals surface area contributed by atoms with Gasteiger partial charge in [-0.2, -0.15) is 10.4 Å². The molecule has 2 aromatic rings. The monoisotopic (exact) mass is 331 g/mol. The Hall–Kier alpha value is -2.52. The van der Waals surface area contributed by atoms with Crippen LogP contribution in [0.2, 0.25) is 5.02 Å². The molecule has 1 aromatic heterocycles. The first kappa shape index (κ1) is 16.8. The predicted molar refractivity (Wildman–Crippen MR) is 89.1 cm³/mol. The van der Waals surface area contributed by atoms with Crippen molar-refractivity contribution in [3.8, 4) is 6.07 Å². The van der Waals surface area contributed by atoms with E-state index in [0.29, 0.717) is 22.7 Å². The SMILES string of the molecule is N#Cc1c(N)n[nH]c1CCCCCNC(=O)c1ccc(Cl)cc1. The van der Waals surface area contributed by atoms with Crippen molar-refractivity contribution < 1.29 is 4.79 Å². The van der Waals surface area contributed by atoms with E-state index in [0.717, 1.165) is 31.4 Å². The zero-order valence-corrected chi connectivity index (χ0v) is 13.4. The van der Waals surface area contributed by atoms with Gasteiger partial charge in [-0.1, -0.05) is 18.0 Å². The third-order valence-electron chi connectivity index (χ3n) is 3.48. The zero-order valence-electron chi connectivity index (χ0n) is 12.6. The zero-order chi connectivity index (χ0) is 16.7. The van der Waals surface area contributed by atoms with Crippen LogP contribution >= 0.6 is 11.6 Å². The first-order valence-electron chi connectivity index (χ1n) is 7.38. The van der Waals surface area contributed by atoms with Crippen molar-refractivity contribution in [2.75, 3.05) is 12.3 Å². The summed E-state index contributed by atoms with van der Waals surface area (Å²) in [6.07, 6.45) is 3.42. The number of H-pyrrole nitrogens is 1. The van der Waals surface area contributed by atoms with Crippen molar-refractivity contribution in [3.63, 3.8) is 0 Å². The van der Waals surface area contributed by atoms with Gasteiger partial charge in [0.2, 0.25) is 0 Å². The quantitative estimate of drug-likeness (QED) is 0.678. The maximum Gasteiger partial charge on any atom is 0.251 e. The van der Waals surface area contributed by atoms with E-state index in [-0.39, 0.29) is 11.7 Å². The fourth-order valence-corrected chi connectivity index (χ4v) is 2.33. The highest BCUT2D eigenvalue weighted by Gasteiger charge is 2.09. The van der Waals surface area contributed by atoms with Gasteiger partial charge in [0.05, 0.1) is 5.69 Å². The molecule has 0 saturated carbocycles. The Morgan fingerprint density at radius 2 is 2.04 bits per heavy atom. The third kappa shape index (κ3) is 4.73. The number of nitrogens with one attached hydrogen (secondary N) is 2. The standard InChI is InChI=1S/C16H18ClN5O/c17-12-7-5-11(6-8-12)16(23)20-9-3-1-2-4-14-13(10-18)15(19)22-21-14/h5-8H,1-4,9H2,(H,20,23)(H3,19,21,22). The first-order valence-corrected chi connectivity index (χ1v) is 7.76. The van der Waals surface area contributed by atoms with E-state index in [9.17, 15) is 4.79 Å². The van der Waals surface area contributed by atoms with Gasteiger partial charge >= 0.3 is 0 Å². The van der Waals surface area contributed by atoms with Crippen molar-refractivity contribution >= 4 is 23.3 Å². The summed E-state index contributed by atoms with van der Waals surface area (Å²) in [5, 5.41) is 19.1. The summed E-state index contributed by atoms with van der Waals surface area (Å²) in [5.41, 5.74) is 7.38. The lowest BCUT2D eigenvalue weighted by Gasteiger charge is -2.05. The molecule has 23 heavy (non-hydrogen) atoms. The van der Waals surface area contributed by atoms with Gasteiger partial charge in [-0.15, -0.1) is 0 Å². The third-order valence-corrected chi connectivity index (χ3v) is 3.73. The van der Waals surface area contributed by atoms with Gasteiger partial charge in [-0.25, -0.2) is 0 Å². The second-order valence-electron chi connectivity index (χ2n) is 5.15. The van der Waals surface area contributed by atoms with Crippen molar-refractivity contribution in [3.05, 3.63) is 46.1 Å². The smallest absolute Gasteiger partial charge is 0.251 e. The Balaban J connectivity index is 1.65. The van der Waals surface area contributed by atoms with Gasteiger partial charge in [-0.3, -0.25) is 9.89 Å². The fourth-order valence-electron chi connectivity index (χ4n) is 2.21. The maximum absolute atomic E-state index is 11.9. The molecule has 120 valence electrons. The molecule has 2 rings (SSSR count). The van der Waals surface area contributed by atoms with Crippen LogP contribution in [0.1, 0.15) is 40.9 Å². The second kappa shape index (κ2) is 8.20. The van der Waals surface area contributed by atoms with E-state index in [1.165, 1.54) is 0 Å². The topological polar surface area (TPSA) is 108 Å². The molecule has 0 fully saturated rings. The summed E-state index contributed by atoms with van der Waals surface area (Å²) in [6.45, 7) is 0.609. The second-order valence-corrected chi connectivity index (χ2v) is 5.58. The number of hydrogen-bond donors (Lipinski definition) is 3. The highest BCUT2D eigenvalue weighted by molar-refractivity contribution is 6.30. The number of anilines is 1. The first-order chi connectivity index (χ1) is 11.1. The van der Waals surface area contributed by atoms with E-state index in [1.54, 1.807) is 24.3 Å². The van der Waals surface area contributed by atoms with E-state index in [4.69, 9.17) is 22.6 Å². The number of unbranched alkanes of at least 4 members (excludes halogenated alkanes) is 2. The molecule has 0 aliphatic carbocycles. The molecule has 0 unspecified atom stereocenters. The van der Waals surface area contributed by atoms with Crippen LogP contribution in [0.3, 0.4) is 0 Å². The lowest BCUT2D eigenvalue weighted by molar-refractivity contribution is 0.0953. The number of nitriles is 1. The van der Waals surface area contributed by atoms with Crippen LogP contribution in [-0.4, -0.2) is 22.6 Å². The average Bonchev–Trinajstić information content (AvgIpc) is 2.91. The number of nitrogen functional groups attached to an aromatic ring is 1. The van der Waals surface area contributed by atoms with E-state index in [1.807, 2.05) is 6.07 Å². The molecule has 7 heteroatoms. The molecule has 1 amide bonds. The predicted octanol–water partition coefficient (Wildman–Crippen LogP) is 2.66. The maximum atomic E-state index is 11.9. The number of aryl methyl sites for hydroxylation is 1. The number of halogens is 1. The fraction of sp³-hybridized carbons (Fsp3) is 0.312. The van der Waals surface area contributed by atoms with Gasteiger partial charge in [0.15, 0.2) is 5.82 Å². The Morgan fingerprint density at radius 3 is 2.74 bits per heavy atom. The van der Waals surface area contributed by atoms with Gasteiger partial charge in [0.1, 0.15) is 11.6 Å². The molecule has 6 nitrogen and oxygen atoms in total. The van der Waals surface area contributed by atoms with Crippen LogP contribution in [-0.2, 0) is 6.42 Å². The summed E-state index contributed by atoms with van der Waals surface area (Å²) in [5.74, 6) is 0.146. The Morgan fingerprint density at radius 1 is 1.30 bits per heavy atom. The highest BCUT2D eigenvalue weighted by Crippen LogP contribution is 2.14. The minimum atomic E-state index is -0.102. The van der Waals surface area contributed by atoms with Gasteiger partial charge in [0, 0.05) is 17.1 Å². The summed E-state index contributed by atoms with van der Waals surface area (Å²) in [4.78, 5) is 11.9. The van der Waals surface area contributed by atoms with E-state index >= 15 is 0 Å². The summed E-state index contributed by atoms with van der Waals surface area (Å²) in [7, 11) is 0. The molecule has 0 aliphatic heterocycles. The molecule has 0 radical (unpaired) electrons. The lowest BCUT2D eigenvalue weighted by atomic mass is 10.1. The van der Waals surface area contributed by atoms with Crippen molar-refractivity contribution in [2.24, 2.45) is 0 Å². The molecule has 1 heterocycles. The number of nitrogens with two attached hydrogens (primary N) is 1. The lowest BCUT2D eigenvalue weighted by Crippen LogP contribution is -2.24. The van der Waals surface area contributed by atoms with Crippen LogP contribution in [0.25, 0.3) is 0 Å². The van der Waals surface area contributed by atoms with Gasteiger partial charge in [-0.05, 0) is 43.5 Å². The number of nitrogens with zero attached hydrogens (tertiary/aromatic N) is 2. The number of carbonyl (C=O) groups excluding carboxylic acids is 1. The number of benzene rings is 1. The van der Waals surface area contributed by atoms with Gasteiger partial charge in [0.25, 0.3) is 5.91 Å². The van der Waals surface area contributed by atoms with Crippen LogP contribution < -0.4 is 11.1 Å². The summed E-state index contributed by atoms with van der Waals surface area (Å²) >= 11 is 5.78. The summed E-state index contributed by atoms with van der Waals surface area (Å²) < 4.78 is 0. The Kier molecular flexibility index (Phi) is 6.01. The summed E-state index contributed by atoms with van der Waals surface area (Å²) in [6, 6.07) is 8.83. The number of hydrogen-bond acceptors (Lipinski definition) is 4. The normalized spacial score (nSPS) is 10.3. The number of aromatic amines is 1. The Labute approximate surface area is 139 Å². The highest BCUT2D eigenvalue weighted by atomic mass is 35.5. The number of carbonyl (C=O) groups is 1. The molecule has 0 atom stereocenters. The van der Waals surface area contributed by atoms with E-state index < -0.39 is 0 Å². The number of rotatable bonds is 7. The van der Waals surface area contributed by atoms with Crippen LogP contribution in [0.5, 0.6) is 0 Å². The largest absolute Gasteiger partial charge is 0.381 e. The van der Waals surface area contributed by atoms with Crippen molar-refractivity contribution in [1.82, 2.24) is 15.5 Å². The Bertz CT molecular complexity index is 702. The average molecular weight is 332 g/mol. The van der Waals surface area contributed by atoms with Crippen molar-refractivity contribution in [2.45, 2.75) is 25.7 Å². The molecule has 1 aromatic carbocycles. The van der Waals surface area contributed by atoms with Crippen LogP contribution in [0.15, 0.2) is 24.3 Å². The minimum Gasteiger partial charge on any atom is -0.381 e. The number of amides is 1. The molecule has 0 aliphatic rings. The molecule has 4 N–H and O–H groups in total. The number of aromatic nitrogens is 2. The van der Waals surface area contributed by atoms with E-state index in [2.05, 4.69) is 15.5 Å². The van der Waals surface area contributed by atoms with Gasteiger partial charge < -0.3 is 11.1 Å². The molecule has 0 spiro atoms. The van der Waals surface area contributed by atoms with Crippen LogP contribution in [0.4, 0.5) is 5.82 Å². The molecular formula is C16H18ClN5O. The molecule has 0 saturated heterocycles. The minimum absolute atomic E-state index is 0.102. The molecular weight excluding hydrogens is 314 g/mol. The van der Waals surface area contributed by atoms with Crippen molar-refractivity contribution in [1.29, 1.82) is 5.26 Å². The molecule has 0 bridgehead atoms.